The highest BCUT2D eigenvalue weighted by molar-refractivity contribution is 6.36. The molecule has 1 aromatic heterocycles. The number of para-hydroxylation sites is 1. The van der Waals surface area contributed by atoms with Gasteiger partial charge >= 0.3 is 0 Å². The molecule has 1 N–H and O–H groups in total. The number of rotatable bonds is 6. The molecular formula is C24H22ClNO2. The molecule has 4 aromatic rings. The summed E-state index contributed by atoms with van der Waals surface area (Å²) in [6, 6.07) is 19.3. The maximum atomic E-state index is 13.5. The molecule has 0 saturated carbocycles. The summed E-state index contributed by atoms with van der Waals surface area (Å²) in [6.45, 7) is 2.56. The first-order valence-corrected chi connectivity index (χ1v) is 9.92. The Morgan fingerprint density at radius 1 is 0.964 bits per heavy atom. The average molecular weight is 392 g/mol. The molecule has 142 valence electrons. The summed E-state index contributed by atoms with van der Waals surface area (Å²) in [7, 11) is 0. The lowest BCUT2D eigenvalue weighted by atomic mass is 9.97. The Labute approximate surface area is 169 Å². The number of fused-ring (bicyclic) bond motifs is 2. The second-order valence-electron chi connectivity index (χ2n) is 7.21. The van der Waals surface area contributed by atoms with Crippen LogP contribution < -0.4 is 0 Å². The quantitative estimate of drug-likeness (QED) is 0.419. The highest BCUT2D eigenvalue weighted by Crippen LogP contribution is 2.30. The summed E-state index contributed by atoms with van der Waals surface area (Å²) in [6.07, 6.45) is 3.22. The number of hydrogen-bond acceptors (Lipinski definition) is 2. The molecule has 0 amide bonds. The molecule has 0 fully saturated rings. The number of hydrogen-bond donors (Lipinski definition) is 1. The maximum absolute atomic E-state index is 13.5. The van der Waals surface area contributed by atoms with Gasteiger partial charge in [0.25, 0.3) is 0 Å². The molecule has 0 aliphatic heterocycles. The minimum Gasteiger partial charge on any atom is -0.393 e. The van der Waals surface area contributed by atoms with E-state index >= 15 is 0 Å². The van der Waals surface area contributed by atoms with Gasteiger partial charge in [-0.3, -0.25) is 4.79 Å². The summed E-state index contributed by atoms with van der Waals surface area (Å²) in [5.41, 5.74) is 2.39. The number of benzene rings is 3. The van der Waals surface area contributed by atoms with Crippen LogP contribution in [0.2, 0.25) is 5.02 Å². The van der Waals surface area contributed by atoms with Gasteiger partial charge in [0.2, 0.25) is 0 Å². The molecule has 28 heavy (non-hydrogen) atoms. The van der Waals surface area contributed by atoms with Gasteiger partial charge in [-0.05, 0) is 43.4 Å². The predicted molar refractivity (Wildman–Crippen MR) is 115 cm³/mol. The summed E-state index contributed by atoms with van der Waals surface area (Å²) >= 11 is 6.33. The van der Waals surface area contributed by atoms with E-state index in [1.807, 2.05) is 60.8 Å². The third-order valence-electron chi connectivity index (χ3n) is 5.17. The van der Waals surface area contributed by atoms with Crippen molar-refractivity contribution in [3.63, 3.8) is 0 Å². The minimum absolute atomic E-state index is 0.00153. The van der Waals surface area contributed by atoms with Crippen molar-refractivity contribution < 1.29 is 9.90 Å². The van der Waals surface area contributed by atoms with Crippen LogP contribution in [0.15, 0.2) is 66.9 Å². The SMILES string of the molecule is C[C@H](O)CCCn1cc(C(=O)c2ccc(Cl)c3ccccc23)c2ccccc21. The van der Waals surface area contributed by atoms with E-state index in [2.05, 4.69) is 4.57 Å². The van der Waals surface area contributed by atoms with Crippen LogP contribution in [0.3, 0.4) is 0 Å². The van der Waals surface area contributed by atoms with E-state index in [0.717, 1.165) is 41.1 Å². The number of halogens is 1. The van der Waals surface area contributed by atoms with Gasteiger partial charge in [0.15, 0.2) is 5.78 Å². The van der Waals surface area contributed by atoms with Gasteiger partial charge in [0.05, 0.1) is 6.10 Å². The first-order chi connectivity index (χ1) is 13.6. The van der Waals surface area contributed by atoms with Crippen LogP contribution in [0.5, 0.6) is 0 Å². The highest BCUT2D eigenvalue weighted by Gasteiger charge is 2.19. The fraction of sp³-hybridized carbons (Fsp3) is 0.208. The van der Waals surface area contributed by atoms with Crippen LogP contribution in [-0.2, 0) is 6.54 Å². The van der Waals surface area contributed by atoms with Crippen molar-refractivity contribution in [3.8, 4) is 0 Å². The largest absolute Gasteiger partial charge is 0.393 e. The third-order valence-corrected chi connectivity index (χ3v) is 5.50. The van der Waals surface area contributed by atoms with Gasteiger partial charge in [0, 0.05) is 45.2 Å². The van der Waals surface area contributed by atoms with Crippen LogP contribution in [0.4, 0.5) is 0 Å². The molecule has 4 rings (SSSR count). The number of aliphatic hydroxyl groups excluding tert-OH is 1. The molecule has 0 bridgehead atoms. The lowest BCUT2D eigenvalue weighted by molar-refractivity contribution is 0.104. The monoisotopic (exact) mass is 391 g/mol. The molecule has 0 aliphatic rings. The second kappa shape index (κ2) is 7.78. The second-order valence-corrected chi connectivity index (χ2v) is 7.62. The van der Waals surface area contributed by atoms with Crippen molar-refractivity contribution in [3.05, 3.63) is 83.0 Å². The van der Waals surface area contributed by atoms with Crippen molar-refractivity contribution in [1.29, 1.82) is 0 Å². The van der Waals surface area contributed by atoms with Crippen LogP contribution in [-0.4, -0.2) is 21.6 Å². The molecule has 3 nitrogen and oxygen atoms in total. The van der Waals surface area contributed by atoms with E-state index in [9.17, 15) is 9.90 Å². The minimum atomic E-state index is -0.316. The Balaban J connectivity index is 1.79. The molecule has 0 saturated heterocycles. The van der Waals surface area contributed by atoms with Crippen LogP contribution in [0.25, 0.3) is 21.7 Å². The number of aromatic nitrogens is 1. The first kappa shape index (κ1) is 18.7. The van der Waals surface area contributed by atoms with Gasteiger partial charge < -0.3 is 9.67 Å². The van der Waals surface area contributed by atoms with Crippen molar-refractivity contribution in [2.75, 3.05) is 0 Å². The number of ketones is 1. The van der Waals surface area contributed by atoms with Gasteiger partial charge in [-0.1, -0.05) is 54.1 Å². The molecule has 0 spiro atoms. The molecule has 0 aliphatic carbocycles. The van der Waals surface area contributed by atoms with Crippen molar-refractivity contribution in [2.24, 2.45) is 0 Å². The van der Waals surface area contributed by atoms with E-state index in [4.69, 9.17) is 11.6 Å². The summed E-state index contributed by atoms with van der Waals surface area (Å²) < 4.78 is 2.11. The molecule has 4 heteroatoms. The lowest BCUT2D eigenvalue weighted by Crippen LogP contribution is -2.04. The van der Waals surface area contributed by atoms with Crippen LogP contribution in [0.1, 0.15) is 35.7 Å². The van der Waals surface area contributed by atoms with Crippen molar-refractivity contribution in [1.82, 2.24) is 4.57 Å². The molecule has 0 radical (unpaired) electrons. The van der Waals surface area contributed by atoms with Crippen LogP contribution >= 0.6 is 11.6 Å². The Morgan fingerprint density at radius 2 is 1.64 bits per heavy atom. The number of nitrogens with zero attached hydrogens (tertiary/aromatic N) is 1. The number of aryl methyl sites for hydroxylation is 1. The summed E-state index contributed by atoms with van der Waals surface area (Å²) in [4.78, 5) is 13.5. The fourth-order valence-corrected chi connectivity index (χ4v) is 4.00. The molecule has 0 unspecified atom stereocenters. The highest BCUT2D eigenvalue weighted by atomic mass is 35.5. The number of carbonyl (C=O) groups excluding carboxylic acids is 1. The van der Waals surface area contributed by atoms with E-state index in [1.165, 1.54) is 0 Å². The van der Waals surface area contributed by atoms with E-state index < -0.39 is 0 Å². The first-order valence-electron chi connectivity index (χ1n) is 9.54. The predicted octanol–water partition coefficient (Wildman–Crippen LogP) is 5.84. The Bertz CT molecular complexity index is 1160. The lowest BCUT2D eigenvalue weighted by Gasteiger charge is -2.07. The summed E-state index contributed by atoms with van der Waals surface area (Å²) in [5.74, 6) is -0.00153. The summed E-state index contributed by atoms with van der Waals surface area (Å²) in [5, 5.41) is 12.9. The smallest absolute Gasteiger partial charge is 0.195 e. The number of carbonyl (C=O) groups is 1. The topological polar surface area (TPSA) is 42.2 Å². The van der Waals surface area contributed by atoms with Gasteiger partial charge in [0.1, 0.15) is 0 Å². The molecule has 1 atom stereocenters. The maximum Gasteiger partial charge on any atom is 0.195 e. The van der Waals surface area contributed by atoms with E-state index in [0.29, 0.717) is 16.1 Å². The average Bonchev–Trinajstić information content (AvgIpc) is 3.07. The molecular weight excluding hydrogens is 370 g/mol. The Morgan fingerprint density at radius 3 is 2.39 bits per heavy atom. The zero-order chi connectivity index (χ0) is 19.7. The standard InChI is InChI=1S/C24H22ClNO2/c1-16(27)7-6-14-26-15-21(19-10-4-5-11-23(19)26)24(28)20-12-13-22(25)18-9-3-2-8-17(18)20/h2-5,8-13,15-16,27H,6-7,14H2,1H3/t16-/m0/s1. The number of aliphatic hydroxyl groups is 1. The van der Waals surface area contributed by atoms with Gasteiger partial charge in [-0.2, -0.15) is 0 Å². The van der Waals surface area contributed by atoms with E-state index in [1.54, 1.807) is 13.0 Å². The van der Waals surface area contributed by atoms with Crippen LogP contribution in [0, 0.1) is 0 Å². The Hall–Kier alpha value is -2.62. The molecule has 3 aromatic carbocycles. The third kappa shape index (κ3) is 3.44. The van der Waals surface area contributed by atoms with Crippen molar-refractivity contribution >= 4 is 39.1 Å². The fourth-order valence-electron chi connectivity index (χ4n) is 3.78. The molecule has 1 heterocycles. The zero-order valence-corrected chi connectivity index (χ0v) is 16.5. The van der Waals surface area contributed by atoms with E-state index in [-0.39, 0.29) is 11.9 Å². The van der Waals surface area contributed by atoms with Gasteiger partial charge in [-0.15, -0.1) is 0 Å². The zero-order valence-electron chi connectivity index (χ0n) is 15.7. The Kier molecular flexibility index (Phi) is 5.21. The normalized spacial score (nSPS) is 12.5. The van der Waals surface area contributed by atoms with Gasteiger partial charge in [-0.25, -0.2) is 0 Å². The van der Waals surface area contributed by atoms with Crippen molar-refractivity contribution in [2.45, 2.75) is 32.4 Å².